The molecular weight excluding hydrogens is 480 g/mol. The zero-order valence-corrected chi connectivity index (χ0v) is 21.5. The number of carbonyl (C=O) groups excluding carboxylic acids is 2. The van der Waals surface area contributed by atoms with E-state index in [1.807, 2.05) is 37.3 Å². The molecule has 0 saturated heterocycles. The predicted octanol–water partition coefficient (Wildman–Crippen LogP) is 4.74. The molecule has 8 heteroatoms. The highest BCUT2D eigenvalue weighted by Gasteiger charge is 2.23. The van der Waals surface area contributed by atoms with Gasteiger partial charge >= 0.3 is 0 Å². The Balaban J connectivity index is 1.49. The molecule has 2 amide bonds. The Morgan fingerprint density at radius 2 is 1.87 bits per heavy atom. The molecule has 8 nitrogen and oxygen atoms in total. The van der Waals surface area contributed by atoms with Crippen LogP contribution in [0.5, 0.6) is 11.5 Å². The van der Waals surface area contributed by atoms with Crippen LogP contribution in [0.4, 0.5) is 5.69 Å². The molecule has 1 atom stereocenters. The number of rotatable bonds is 10. The molecule has 0 fully saturated rings. The summed E-state index contributed by atoms with van der Waals surface area (Å²) in [6, 6.07) is 24.5. The number of aryl methyl sites for hydroxylation is 1. The van der Waals surface area contributed by atoms with E-state index in [2.05, 4.69) is 28.7 Å². The lowest BCUT2D eigenvalue weighted by molar-refractivity contribution is -0.121. The Bertz CT molecular complexity index is 1350. The molecule has 0 radical (unpaired) electrons. The average molecular weight is 511 g/mol. The second kappa shape index (κ2) is 12.5. The van der Waals surface area contributed by atoms with Crippen LogP contribution in [0.3, 0.4) is 0 Å². The van der Waals surface area contributed by atoms with Crippen molar-refractivity contribution in [2.45, 2.75) is 26.2 Å². The van der Waals surface area contributed by atoms with Crippen LogP contribution >= 0.6 is 0 Å². The van der Waals surface area contributed by atoms with Gasteiger partial charge in [0.15, 0.2) is 11.5 Å². The number of ether oxygens (including phenoxy) is 2. The van der Waals surface area contributed by atoms with E-state index in [9.17, 15) is 14.9 Å². The average Bonchev–Trinajstić information content (AvgIpc) is 2.94. The molecule has 3 aromatic carbocycles. The molecule has 0 aliphatic carbocycles. The fraction of sp³-hybridized carbons (Fsp3) is 0.267. The normalized spacial score (nSPS) is 14.6. The molecule has 1 N–H and O–H groups in total. The second-order valence-corrected chi connectivity index (χ2v) is 9.04. The lowest BCUT2D eigenvalue weighted by atomic mass is 9.94. The minimum absolute atomic E-state index is 0.0168. The Hall–Kier alpha value is -4.64. The summed E-state index contributed by atoms with van der Waals surface area (Å²) in [6.07, 6.45) is 2.06. The van der Waals surface area contributed by atoms with Crippen molar-refractivity contribution in [1.82, 2.24) is 5.43 Å². The topological polar surface area (TPSA) is 104 Å². The van der Waals surface area contributed by atoms with Gasteiger partial charge in [0, 0.05) is 23.6 Å². The fourth-order valence-electron chi connectivity index (χ4n) is 4.35. The Morgan fingerprint density at radius 1 is 1.11 bits per heavy atom. The summed E-state index contributed by atoms with van der Waals surface area (Å²) in [5.41, 5.74) is 6.34. The van der Waals surface area contributed by atoms with Crippen molar-refractivity contribution in [3.05, 3.63) is 89.5 Å². The van der Waals surface area contributed by atoms with Crippen LogP contribution in [0.1, 0.15) is 41.3 Å². The lowest BCUT2D eigenvalue weighted by Gasteiger charge is -2.22. The molecule has 0 spiro atoms. The van der Waals surface area contributed by atoms with Gasteiger partial charge in [0.25, 0.3) is 5.91 Å². The minimum atomic E-state index is -0.327. The SMILES string of the molecule is COc1ccc(C(=O)N(CC#N)c2ccc(C3=NNC(=O)CC3C)cc2)cc1OCCCc1ccccc1. The Morgan fingerprint density at radius 3 is 2.55 bits per heavy atom. The summed E-state index contributed by atoms with van der Waals surface area (Å²) in [7, 11) is 1.56. The monoisotopic (exact) mass is 510 g/mol. The van der Waals surface area contributed by atoms with E-state index in [0.717, 1.165) is 24.1 Å². The summed E-state index contributed by atoms with van der Waals surface area (Å²) in [6.45, 7) is 2.29. The van der Waals surface area contributed by atoms with Crippen molar-refractivity contribution in [3.63, 3.8) is 0 Å². The van der Waals surface area contributed by atoms with Crippen molar-refractivity contribution >= 4 is 23.2 Å². The van der Waals surface area contributed by atoms with Crippen molar-refractivity contribution in [1.29, 1.82) is 5.26 Å². The van der Waals surface area contributed by atoms with E-state index in [0.29, 0.717) is 35.8 Å². The van der Waals surface area contributed by atoms with Gasteiger partial charge in [-0.3, -0.25) is 14.5 Å². The van der Waals surface area contributed by atoms with Gasteiger partial charge < -0.3 is 9.47 Å². The molecule has 0 bridgehead atoms. The van der Waals surface area contributed by atoms with Crippen molar-refractivity contribution < 1.29 is 19.1 Å². The summed E-state index contributed by atoms with van der Waals surface area (Å²) < 4.78 is 11.4. The van der Waals surface area contributed by atoms with Crippen LogP contribution in [0.25, 0.3) is 0 Å². The number of hydrogen-bond donors (Lipinski definition) is 1. The van der Waals surface area contributed by atoms with Crippen LogP contribution in [-0.4, -0.2) is 37.8 Å². The molecule has 1 unspecified atom stereocenters. The van der Waals surface area contributed by atoms with Crippen LogP contribution in [0.2, 0.25) is 0 Å². The van der Waals surface area contributed by atoms with E-state index >= 15 is 0 Å². The Labute approximate surface area is 222 Å². The maximum atomic E-state index is 13.5. The number of nitriles is 1. The zero-order chi connectivity index (χ0) is 26.9. The van der Waals surface area contributed by atoms with Gasteiger partial charge in [0.05, 0.1) is 25.5 Å². The number of nitrogens with one attached hydrogen (secondary N) is 1. The number of nitrogens with zero attached hydrogens (tertiary/aromatic N) is 3. The third kappa shape index (κ3) is 6.37. The first-order valence-corrected chi connectivity index (χ1v) is 12.5. The third-order valence-corrected chi connectivity index (χ3v) is 6.33. The van der Waals surface area contributed by atoms with Gasteiger partial charge in [-0.25, -0.2) is 5.43 Å². The smallest absolute Gasteiger partial charge is 0.259 e. The molecular formula is C30H30N4O4. The van der Waals surface area contributed by atoms with Crippen LogP contribution in [0, 0.1) is 17.2 Å². The Kier molecular flexibility index (Phi) is 8.73. The molecule has 1 heterocycles. The molecule has 3 aromatic rings. The zero-order valence-electron chi connectivity index (χ0n) is 21.5. The number of methoxy groups -OCH3 is 1. The maximum Gasteiger partial charge on any atom is 0.259 e. The summed E-state index contributed by atoms with van der Waals surface area (Å²) in [4.78, 5) is 26.5. The minimum Gasteiger partial charge on any atom is -0.493 e. The van der Waals surface area contributed by atoms with E-state index in [1.54, 1.807) is 37.4 Å². The van der Waals surface area contributed by atoms with Crippen LogP contribution < -0.4 is 19.8 Å². The quantitative estimate of drug-likeness (QED) is 0.313. The van der Waals surface area contributed by atoms with Gasteiger partial charge in [-0.05, 0) is 54.3 Å². The van der Waals surface area contributed by atoms with Gasteiger partial charge in [-0.15, -0.1) is 0 Å². The molecule has 194 valence electrons. The van der Waals surface area contributed by atoms with Gasteiger partial charge in [-0.2, -0.15) is 10.4 Å². The van der Waals surface area contributed by atoms with Crippen molar-refractivity contribution in [2.75, 3.05) is 25.2 Å². The second-order valence-electron chi connectivity index (χ2n) is 9.04. The first-order chi connectivity index (χ1) is 18.5. The third-order valence-electron chi connectivity index (χ3n) is 6.33. The maximum absolute atomic E-state index is 13.5. The number of hydrogen-bond acceptors (Lipinski definition) is 6. The molecule has 4 rings (SSSR count). The van der Waals surface area contributed by atoms with Crippen LogP contribution in [-0.2, 0) is 11.2 Å². The van der Waals surface area contributed by atoms with E-state index in [1.165, 1.54) is 10.5 Å². The number of amides is 2. The first-order valence-electron chi connectivity index (χ1n) is 12.5. The number of benzene rings is 3. The van der Waals surface area contributed by atoms with E-state index in [4.69, 9.17) is 9.47 Å². The predicted molar refractivity (Wildman–Crippen MR) is 145 cm³/mol. The standard InChI is InChI=1S/C30H30N4O4/c1-21-19-28(35)32-33-29(21)23-10-13-25(14-11-23)34(17-16-31)30(36)24-12-15-26(37-2)27(20-24)38-18-6-9-22-7-4-3-5-8-22/h3-5,7-8,10-15,20-21H,6,9,17-19H2,1-2H3,(H,32,35). The largest absolute Gasteiger partial charge is 0.493 e. The van der Waals surface area contributed by atoms with Crippen LogP contribution in [0.15, 0.2) is 77.9 Å². The van der Waals surface area contributed by atoms with E-state index < -0.39 is 0 Å². The number of anilines is 1. The van der Waals surface area contributed by atoms with Crippen molar-refractivity contribution in [3.8, 4) is 17.6 Å². The highest BCUT2D eigenvalue weighted by atomic mass is 16.5. The molecule has 1 aliphatic heterocycles. The molecule has 0 aromatic heterocycles. The molecule has 1 aliphatic rings. The van der Waals surface area contributed by atoms with Gasteiger partial charge in [0.1, 0.15) is 6.54 Å². The molecule has 38 heavy (non-hydrogen) atoms. The number of carbonyl (C=O) groups is 2. The summed E-state index contributed by atoms with van der Waals surface area (Å²) >= 11 is 0. The fourth-order valence-corrected chi connectivity index (χ4v) is 4.35. The summed E-state index contributed by atoms with van der Waals surface area (Å²) in [5.74, 6) is 0.559. The van der Waals surface area contributed by atoms with Gasteiger partial charge in [0.2, 0.25) is 5.91 Å². The molecule has 0 saturated carbocycles. The van der Waals surface area contributed by atoms with E-state index in [-0.39, 0.29) is 24.3 Å². The highest BCUT2D eigenvalue weighted by molar-refractivity contribution is 6.08. The first kappa shape index (κ1) is 26.4. The lowest BCUT2D eigenvalue weighted by Crippen LogP contribution is -2.32. The summed E-state index contributed by atoms with van der Waals surface area (Å²) in [5, 5.41) is 13.6. The van der Waals surface area contributed by atoms with Gasteiger partial charge in [-0.1, -0.05) is 49.4 Å². The highest BCUT2D eigenvalue weighted by Crippen LogP contribution is 2.30. The van der Waals surface area contributed by atoms with Crippen molar-refractivity contribution in [2.24, 2.45) is 11.0 Å². The number of hydrazone groups is 1.